The van der Waals surface area contributed by atoms with Crippen LogP contribution in [-0.2, 0) is 0 Å². The summed E-state index contributed by atoms with van der Waals surface area (Å²) in [4.78, 5) is 21.8. The van der Waals surface area contributed by atoms with Crippen molar-refractivity contribution in [3.63, 3.8) is 0 Å². The third-order valence-electron chi connectivity index (χ3n) is 4.72. The molecule has 0 aliphatic carbocycles. The van der Waals surface area contributed by atoms with Gasteiger partial charge in [0.05, 0.1) is 11.1 Å². The third kappa shape index (κ3) is 4.94. The van der Waals surface area contributed by atoms with E-state index in [0.29, 0.717) is 23.0 Å². The number of hydrogen-bond acceptors (Lipinski definition) is 4. The lowest BCUT2D eigenvalue weighted by atomic mass is 10.1. The highest BCUT2D eigenvalue weighted by Gasteiger charge is 2.06. The SMILES string of the molecule is O=C(O)c1ccc(Oc2ccc(-c3ccc(Oc4ccc(C(=O)O)cc4)cc3)cc2)cc1. The maximum atomic E-state index is 10.9. The Morgan fingerprint density at radius 3 is 0.938 bits per heavy atom. The minimum atomic E-state index is -0.978. The number of aromatic carboxylic acids is 2. The average Bonchev–Trinajstić information content (AvgIpc) is 2.81. The number of benzene rings is 4. The highest BCUT2D eigenvalue weighted by molar-refractivity contribution is 5.88. The molecule has 4 aromatic carbocycles. The fourth-order valence-electron chi connectivity index (χ4n) is 3.03. The van der Waals surface area contributed by atoms with Crippen molar-refractivity contribution >= 4 is 11.9 Å². The summed E-state index contributed by atoms with van der Waals surface area (Å²) in [5.41, 5.74) is 2.40. The molecule has 0 spiro atoms. The summed E-state index contributed by atoms with van der Waals surface area (Å²) in [7, 11) is 0. The molecular weight excluding hydrogens is 408 g/mol. The Hall–Kier alpha value is -4.58. The highest BCUT2D eigenvalue weighted by Crippen LogP contribution is 2.29. The molecule has 0 saturated heterocycles. The van der Waals surface area contributed by atoms with E-state index < -0.39 is 11.9 Å². The predicted octanol–water partition coefficient (Wildman–Crippen LogP) is 6.33. The Labute approximate surface area is 183 Å². The maximum absolute atomic E-state index is 10.9. The lowest BCUT2D eigenvalue weighted by molar-refractivity contribution is 0.0686. The average molecular weight is 426 g/mol. The number of rotatable bonds is 7. The number of carboxylic acid groups (broad SMARTS) is 2. The van der Waals surface area contributed by atoms with Crippen LogP contribution >= 0.6 is 0 Å². The van der Waals surface area contributed by atoms with Crippen LogP contribution in [-0.4, -0.2) is 22.2 Å². The van der Waals surface area contributed by atoms with E-state index in [0.717, 1.165) is 11.1 Å². The molecule has 0 atom stereocenters. The van der Waals surface area contributed by atoms with Gasteiger partial charge in [-0.2, -0.15) is 0 Å². The Bertz CT molecular complexity index is 1120. The first-order valence-corrected chi connectivity index (χ1v) is 9.71. The van der Waals surface area contributed by atoms with Gasteiger partial charge in [0, 0.05) is 0 Å². The van der Waals surface area contributed by atoms with Crippen LogP contribution in [0.4, 0.5) is 0 Å². The molecule has 4 aromatic rings. The van der Waals surface area contributed by atoms with Crippen LogP contribution in [0, 0.1) is 0 Å². The molecule has 6 nitrogen and oxygen atoms in total. The molecule has 32 heavy (non-hydrogen) atoms. The molecule has 0 fully saturated rings. The lowest BCUT2D eigenvalue weighted by Crippen LogP contribution is -1.95. The second-order valence-electron chi connectivity index (χ2n) is 6.91. The Kier molecular flexibility index (Phi) is 5.85. The second-order valence-corrected chi connectivity index (χ2v) is 6.91. The summed E-state index contributed by atoms with van der Waals surface area (Å²) in [6, 6.07) is 27.5. The zero-order valence-corrected chi connectivity index (χ0v) is 16.8. The summed E-state index contributed by atoms with van der Waals surface area (Å²) in [6.45, 7) is 0. The van der Waals surface area contributed by atoms with E-state index in [-0.39, 0.29) is 11.1 Å². The van der Waals surface area contributed by atoms with Gasteiger partial charge in [-0.15, -0.1) is 0 Å². The van der Waals surface area contributed by atoms with Crippen LogP contribution in [0.2, 0.25) is 0 Å². The molecule has 0 aliphatic rings. The zero-order valence-electron chi connectivity index (χ0n) is 16.8. The Morgan fingerprint density at radius 2 is 0.688 bits per heavy atom. The molecule has 0 bridgehead atoms. The summed E-state index contributed by atoms with van der Waals surface area (Å²) >= 11 is 0. The van der Waals surface area contributed by atoms with Gasteiger partial charge in [0.25, 0.3) is 0 Å². The van der Waals surface area contributed by atoms with Crippen LogP contribution in [0.25, 0.3) is 11.1 Å². The summed E-state index contributed by atoms with van der Waals surface area (Å²) < 4.78 is 11.5. The Balaban J connectivity index is 1.40. The van der Waals surface area contributed by atoms with Crippen molar-refractivity contribution < 1.29 is 29.3 Å². The van der Waals surface area contributed by atoms with E-state index >= 15 is 0 Å². The summed E-state index contributed by atoms with van der Waals surface area (Å²) in [6.07, 6.45) is 0. The van der Waals surface area contributed by atoms with Crippen molar-refractivity contribution in [2.24, 2.45) is 0 Å². The molecule has 0 saturated carbocycles. The van der Waals surface area contributed by atoms with E-state index in [2.05, 4.69) is 0 Å². The first-order chi connectivity index (χ1) is 15.5. The second kappa shape index (κ2) is 9.06. The molecule has 6 heteroatoms. The first kappa shape index (κ1) is 20.7. The van der Waals surface area contributed by atoms with E-state index in [1.807, 2.05) is 48.5 Å². The minimum Gasteiger partial charge on any atom is -0.478 e. The quantitative estimate of drug-likeness (QED) is 0.358. The van der Waals surface area contributed by atoms with E-state index in [9.17, 15) is 9.59 Å². The fraction of sp³-hybridized carbons (Fsp3) is 0. The van der Waals surface area contributed by atoms with Crippen LogP contribution in [0.3, 0.4) is 0 Å². The predicted molar refractivity (Wildman–Crippen MR) is 119 cm³/mol. The van der Waals surface area contributed by atoms with E-state index in [1.165, 1.54) is 24.3 Å². The normalized spacial score (nSPS) is 10.4. The molecule has 0 amide bonds. The number of carbonyl (C=O) groups is 2. The topological polar surface area (TPSA) is 93.1 Å². The molecular formula is C26H18O6. The van der Waals surface area contributed by atoms with Gasteiger partial charge in [0.15, 0.2) is 0 Å². The van der Waals surface area contributed by atoms with Gasteiger partial charge in [-0.1, -0.05) is 24.3 Å². The van der Waals surface area contributed by atoms with Gasteiger partial charge in [-0.3, -0.25) is 0 Å². The fourth-order valence-corrected chi connectivity index (χ4v) is 3.03. The van der Waals surface area contributed by atoms with Crippen molar-refractivity contribution in [1.82, 2.24) is 0 Å². The maximum Gasteiger partial charge on any atom is 0.335 e. The van der Waals surface area contributed by atoms with Gasteiger partial charge in [-0.25, -0.2) is 9.59 Å². The van der Waals surface area contributed by atoms with Crippen molar-refractivity contribution in [2.75, 3.05) is 0 Å². The summed E-state index contributed by atoms with van der Waals surface area (Å²) in [5.74, 6) is 0.436. The lowest BCUT2D eigenvalue weighted by Gasteiger charge is -2.09. The van der Waals surface area contributed by atoms with Gasteiger partial charge in [-0.05, 0) is 83.9 Å². The number of ether oxygens (including phenoxy) is 2. The first-order valence-electron chi connectivity index (χ1n) is 9.71. The number of hydrogen-bond donors (Lipinski definition) is 2. The Morgan fingerprint density at radius 1 is 0.438 bits per heavy atom. The van der Waals surface area contributed by atoms with Gasteiger partial charge >= 0.3 is 11.9 Å². The molecule has 0 aromatic heterocycles. The molecule has 2 N–H and O–H groups in total. The molecule has 4 rings (SSSR count). The standard InChI is InChI=1S/C26H18O6/c27-25(28)19-5-13-23(14-6-19)31-21-9-1-17(2-10-21)18-3-11-22(12-4-18)32-24-15-7-20(8-16-24)26(29)30/h1-16H,(H,27,28)(H,29,30). The van der Waals surface area contributed by atoms with Crippen molar-refractivity contribution in [1.29, 1.82) is 0 Å². The van der Waals surface area contributed by atoms with Crippen LogP contribution in [0.5, 0.6) is 23.0 Å². The monoisotopic (exact) mass is 426 g/mol. The van der Waals surface area contributed by atoms with Crippen molar-refractivity contribution in [2.45, 2.75) is 0 Å². The number of carboxylic acids is 2. The molecule has 158 valence electrons. The van der Waals surface area contributed by atoms with Gasteiger partial charge < -0.3 is 19.7 Å². The zero-order chi connectivity index (χ0) is 22.5. The van der Waals surface area contributed by atoms with Crippen molar-refractivity contribution in [3.05, 3.63) is 108 Å². The van der Waals surface area contributed by atoms with Crippen molar-refractivity contribution in [3.8, 4) is 34.1 Å². The molecule has 0 heterocycles. The van der Waals surface area contributed by atoms with Gasteiger partial charge in [0.1, 0.15) is 23.0 Å². The van der Waals surface area contributed by atoms with Crippen LogP contribution in [0.1, 0.15) is 20.7 Å². The highest BCUT2D eigenvalue weighted by atomic mass is 16.5. The largest absolute Gasteiger partial charge is 0.478 e. The van der Waals surface area contributed by atoms with Gasteiger partial charge in [0.2, 0.25) is 0 Å². The summed E-state index contributed by atoms with van der Waals surface area (Å²) in [5, 5.41) is 17.9. The third-order valence-corrected chi connectivity index (χ3v) is 4.72. The smallest absolute Gasteiger partial charge is 0.335 e. The molecule has 0 radical (unpaired) electrons. The van der Waals surface area contributed by atoms with E-state index in [1.54, 1.807) is 24.3 Å². The molecule has 0 aliphatic heterocycles. The minimum absolute atomic E-state index is 0.206. The van der Waals surface area contributed by atoms with E-state index in [4.69, 9.17) is 19.7 Å². The van der Waals surface area contributed by atoms with Crippen LogP contribution < -0.4 is 9.47 Å². The molecule has 0 unspecified atom stereocenters. The van der Waals surface area contributed by atoms with Crippen LogP contribution in [0.15, 0.2) is 97.1 Å².